The summed E-state index contributed by atoms with van der Waals surface area (Å²) < 4.78 is 1.91. The molecule has 19 heavy (non-hydrogen) atoms. The van der Waals surface area contributed by atoms with Crippen LogP contribution in [0.3, 0.4) is 0 Å². The molecule has 0 saturated heterocycles. The van der Waals surface area contributed by atoms with Gasteiger partial charge in [-0.25, -0.2) is 9.97 Å². The monoisotopic (exact) mass is 291 g/mol. The number of hydrogen-bond acceptors (Lipinski definition) is 2. The van der Waals surface area contributed by atoms with Crippen LogP contribution in [0.2, 0.25) is 5.02 Å². The third-order valence-electron chi connectivity index (χ3n) is 2.95. The van der Waals surface area contributed by atoms with E-state index >= 15 is 0 Å². The number of fused-ring (bicyclic) bond motifs is 1. The van der Waals surface area contributed by atoms with Gasteiger partial charge in [-0.2, -0.15) is 0 Å². The number of alkyl halides is 1. The van der Waals surface area contributed by atoms with E-state index in [4.69, 9.17) is 23.2 Å². The highest BCUT2D eigenvalue weighted by Gasteiger charge is 2.14. The van der Waals surface area contributed by atoms with E-state index in [0.29, 0.717) is 10.9 Å². The maximum Gasteiger partial charge on any atom is 0.164 e. The maximum atomic E-state index is 6.33. The van der Waals surface area contributed by atoms with Gasteiger partial charge in [0.15, 0.2) is 5.65 Å². The Morgan fingerprint density at radius 3 is 2.84 bits per heavy atom. The second-order valence-electron chi connectivity index (χ2n) is 4.30. The first-order valence-corrected chi connectivity index (χ1v) is 6.77. The zero-order valence-corrected chi connectivity index (χ0v) is 11.8. The highest BCUT2D eigenvalue weighted by Crippen LogP contribution is 2.27. The molecule has 0 aliphatic rings. The summed E-state index contributed by atoms with van der Waals surface area (Å²) in [5.41, 5.74) is 3.54. The molecular formula is C14H11Cl2N3. The fraction of sp³-hybridized carbons (Fsp3) is 0.143. The number of hydrogen-bond donors (Lipinski definition) is 0. The Hall–Kier alpha value is -1.58. The topological polar surface area (TPSA) is 30.7 Å². The van der Waals surface area contributed by atoms with E-state index in [1.807, 2.05) is 41.8 Å². The summed E-state index contributed by atoms with van der Waals surface area (Å²) in [6.45, 7) is 2.00. The number of halogens is 2. The number of aryl methyl sites for hydroxylation is 1. The lowest BCUT2D eigenvalue weighted by Gasteiger charge is -2.09. The minimum absolute atomic E-state index is 0.306. The standard InChI is InChI=1S/C14H11Cl2N3/c1-9-4-5-12(10(16)7-9)19-13(8-15)18-11-3-2-6-17-14(11)19/h2-7H,8H2,1H3. The van der Waals surface area contributed by atoms with E-state index in [-0.39, 0.29) is 0 Å². The van der Waals surface area contributed by atoms with Gasteiger partial charge in [-0.05, 0) is 36.8 Å². The van der Waals surface area contributed by atoms with Gasteiger partial charge in [-0.3, -0.25) is 4.57 Å². The zero-order chi connectivity index (χ0) is 13.4. The Kier molecular flexibility index (Phi) is 3.17. The van der Waals surface area contributed by atoms with Crippen molar-refractivity contribution in [3.63, 3.8) is 0 Å². The molecule has 0 atom stereocenters. The number of aromatic nitrogens is 3. The van der Waals surface area contributed by atoms with Crippen molar-refractivity contribution in [2.75, 3.05) is 0 Å². The van der Waals surface area contributed by atoms with E-state index < -0.39 is 0 Å². The molecule has 0 bridgehead atoms. The molecule has 5 heteroatoms. The molecule has 0 N–H and O–H groups in total. The predicted octanol–water partition coefficient (Wildman–Crippen LogP) is 4.12. The van der Waals surface area contributed by atoms with Crippen molar-refractivity contribution in [2.45, 2.75) is 12.8 Å². The molecule has 0 saturated carbocycles. The van der Waals surface area contributed by atoms with Gasteiger partial charge in [-0.15, -0.1) is 11.6 Å². The van der Waals surface area contributed by atoms with Crippen LogP contribution in [0.15, 0.2) is 36.5 Å². The molecule has 3 nitrogen and oxygen atoms in total. The molecule has 96 valence electrons. The van der Waals surface area contributed by atoms with Gasteiger partial charge in [0.1, 0.15) is 11.3 Å². The van der Waals surface area contributed by atoms with Crippen molar-refractivity contribution in [3.05, 3.63) is 52.9 Å². The quantitative estimate of drug-likeness (QED) is 0.665. The van der Waals surface area contributed by atoms with Gasteiger partial charge >= 0.3 is 0 Å². The fourth-order valence-electron chi connectivity index (χ4n) is 2.10. The summed E-state index contributed by atoms with van der Waals surface area (Å²) in [7, 11) is 0. The summed E-state index contributed by atoms with van der Waals surface area (Å²) in [4.78, 5) is 8.85. The lowest BCUT2D eigenvalue weighted by atomic mass is 10.2. The van der Waals surface area contributed by atoms with Crippen molar-refractivity contribution < 1.29 is 0 Å². The summed E-state index contributed by atoms with van der Waals surface area (Å²) >= 11 is 12.3. The highest BCUT2D eigenvalue weighted by molar-refractivity contribution is 6.32. The first kappa shape index (κ1) is 12.5. The smallest absolute Gasteiger partial charge is 0.164 e. The summed E-state index contributed by atoms with van der Waals surface area (Å²) in [6.07, 6.45) is 1.74. The molecule has 2 heterocycles. The van der Waals surface area contributed by atoms with Crippen LogP contribution in [0.4, 0.5) is 0 Å². The minimum atomic E-state index is 0.306. The van der Waals surface area contributed by atoms with Gasteiger partial charge in [0.25, 0.3) is 0 Å². The molecule has 1 aromatic carbocycles. The zero-order valence-electron chi connectivity index (χ0n) is 10.3. The predicted molar refractivity (Wildman–Crippen MR) is 78.2 cm³/mol. The van der Waals surface area contributed by atoms with Gasteiger partial charge in [0.2, 0.25) is 0 Å². The highest BCUT2D eigenvalue weighted by atomic mass is 35.5. The van der Waals surface area contributed by atoms with E-state index in [9.17, 15) is 0 Å². The minimum Gasteiger partial charge on any atom is -0.278 e. The normalized spacial score (nSPS) is 11.1. The SMILES string of the molecule is Cc1ccc(-n2c(CCl)nc3cccnc32)c(Cl)c1. The van der Waals surface area contributed by atoms with Crippen molar-refractivity contribution in [1.29, 1.82) is 0 Å². The van der Waals surface area contributed by atoms with Crippen LogP contribution in [0.5, 0.6) is 0 Å². The molecule has 0 radical (unpaired) electrons. The molecule has 2 aromatic heterocycles. The van der Waals surface area contributed by atoms with Gasteiger partial charge in [-0.1, -0.05) is 17.7 Å². The Morgan fingerprint density at radius 2 is 2.11 bits per heavy atom. The summed E-state index contributed by atoms with van der Waals surface area (Å²) in [6, 6.07) is 9.66. The van der Waals surface area contributed by atoms with Crippen LogP contribution in [-0.4, -0.2) is 14.5 Å². The van der Waals surface area contributed by atoms with Crippen LogP contribution in [0, 0.1) is 6.92 Å². The molecule has 0 aliphatic heterocycles. The van der Waals surface area contributed by atoms with Crippen LogP contribution < -0.4 is 0 Å². The lowest BCUT2D eigenvalue weighted by molar-refractivity contribution is 0.969. The van der Waals surface area contributed by atoms with Gasteiger partial charge in [0.05, 0.1) is 16.6 Å². The number of rotatable bonds is 2. The number of nitrogens with zero attached hydrogens (tertiary/aromatic N) is 3. The van der Waals surface area contributed by atoms with Crippen LogP contribution in [0.1, 0.15) is 11.4 Å². The van der Waals surface area contributed by atoms with Crippen molar-refractivity contribution >= 4 is 34.4 Å². The number of benzene rings is 1. The van der Waals surface area contributed by atoms with E-state index in [1.165, 1.54) is 0 Å². The number of imidazole rings is 1. The maximum absolute atomic E-state index is 6.33. The Morgan fingerprint density at radius 1 is 1.26 bits per heavy atom. The van der Waals surface area contributed by atoms with Crippen LogP contribution in [0.25, 0.3) is 16.9 Å². The molecule has 0 spiro atoms. The average molecular weight is 292 g/mol. The molecule has 0 aliphatic carbocycles. The van der Waals surface area contributed by atoms with E-state index in [1.54, 1.807) is 6.20 Å². The summed E-state index contributed by atoms with van der Waals surface area (Å²) in [5.74, 6) is 1.04. The third-order valence-corrected chi connectivity index (χ3v) is 3.49. The fourth-order valence-corrected chi connectivity index (χ4v) is 2.59. The van der Waals surface area contributed by atoms with E-state index in [2.05, 4.69) is 9.97 Å². The first-order chi connectivity index (χ1) is 9.20. The van der Waals surface area contributed by atoms with Gasteiger partial charge in [0, 0.05) is 6.20 Å². The lowest BCUT2D eigenvalue weighted by Crippen LogP contribution is -2.01. The number of pyridine rings is 1. The Bertz CT molecular complexity index is 750. The van der Waals surface area contributed by atoms with Crippen molar-refractivity contribution in [2.24, 2.45) is 0 Å². The molecular weight excluding hydrogens is 281 g/mol. The molecule has 0 amide bonds. The molecule has 3 rings (SSSR count). The largest absolute Gasteiger partial charge is 0.278 e. The second kappa shape index (κ2) is 4.83. The van der Waals surface area contributed by atoms with Crippen LogP contribution in [-0.2, 0) is 5.88 Å². The summed E-state index contributed by atoms with van der Waals surface area (Å²) in [5, 5.41) is 0.663. The average Bonchev–Trinajstić information content (AvgIpc) is 2.77. The first-order valence-electron chi connectivity index (χ1n) is 5.85. The molecule has 3 aromatic rings. The Balaban J connectivity index is 2.34. The van der Waals surface area contributed by atoms with Crippen LogP contribution >= 0.6 is 23.2 Å². The van der Waals surface area contributed by atoms with Crippen molar-refractivity contribution in [1.82, 2.24) is 14.5 Å². The van der Waals surface area contributed by atoms with Crippen molar-refractivity contribution in [3.8, 4) is 5.69 Å². The second-order valence-corrected chi connectivity index (χ2v) is 4.97. The third kappa shape index (κ3) is 2.09. The van der Waals surface area contributed by atoms with Gasteiger partial charge < -0.3 is 0 Å². The van der Waals surface area contributed by atoms with E-state index in [0.717, 1.165) is 28.2 Å². The Labute approximate surface area is 120 Å². The molecule has 0 unspecified atom stereocenters. The molecule has 0 fully saturated rings.